The first-order chi connectivity index (χ1) is 16.6. The average Bonchev–Trinajstić information content (AvgIpc) is 2.75. The fraction of sp³-hybridized carbons (Fsp3) is 0.462. The van der Waals surface area contributed by atoms with Crippen LogP contribution >= 0.6 is 0 Å². The van der Waals surface area contributed by atoms with Gasteiger partial charge in [0, 0.05) is 31.1 Å². The minimum Gasteiger partial charge on any atom is -0.350 e. The topological polar surface area (TPSA) is 86.8 Å². The maximum Gasteiger partial charge on any atom is 0.242 e. The highest BCUT2D eigenvalue weighted by atomic mass is 32.2. The molecule has 0 aliphatic carbocycles. The summed E-state index contributed by atoms with van der Waals surface area (Å²) in [7, 11) is -3.81. The molecular weight excluding hydrogens is 488 g/mol. The van der Waals surface area contributed by atoms with Crippen LogP contribution in [0.25, 0.3) is 0 Å². The van der Waals surface area contributed by atoms with Gasteiger partial charge in [-0.15, -0.1) is 0 Å². The average molecular weight is 524 g/mol. The SMILES string of the molecule is Cc1ccc(CN(C(=O)CCCN(c2ccc(F)c(F)c2)S(C)(=O)=O)C(C)C(=O)NC(C)(C)C)cc1. The highest BCUT2D eigenvalue weighted by Gasteiger charge is 2.28. The van der Waals surface area contributed by atoms with Gasteiger partial charge in [-0.05, 0) is 58.7 Å². The number of hydrogen-bond acceptors (Lipinski definition) is 4. The molecule has 0 saturated heterocycles. The van der Waals surface area contributed by atoms with E-state index in [0.717, 1.165) is 33.8 Å². The molecule has 0 fully saturated rings. The fourth-order valence-corrected chi connectivity index (χ4v) is 4.55. The molecule has 0 aliphatic rings. The molecule has 0 radical (unpaired) electrons. The highest BCUT2D eigenvalue weighted by Crippen LogP contribution is 2.22. The third-order valence-corrected chi connectivity index (χ3v) is 6.68. The summed E-state index contributed by atoms with van der Waals surface area (Å²) in [5.74, 6) is -2.88. The molecule has 10 heteroatoms. The van der Waals surface area contributed by atoms with E-state index in [1.807, 2.05) is 52.0 Å². The van der Waals surface area contributed by atoms with E-state index >= 15 is 0 Å². The summed E-state index contributed by atoms with van der Waals surface area (Å²) in [4.78, 5) is 27.6. The number of nitrogens with one attached hydrogen (secondary N) is 1. The number of anilines is 1. The van der Waals surface area contributed by atoms with Crippen molar-refractivity contribution in [2.75, 3.05) is 17.1 Å². The number of benzene rings is 2. The van der Waals surface area contributed by atoms with Gasteiger partial charge in [0.15, 0.2) is 11.6 Å². The maximum absolute atomic E-state index is 13.7. The molecule has 2 amide bonds. The first-order valence-corrected chi connectivity index (χ1v) is 13.5. The minimum atomic E-state index is -3.81. The van der Waals surface area contributed by atoms with Crippen molar-refractivity contribution in [1.29, 1.82) is 0 Å². The van der Waals surface area contributed by atoms with Crippen LogP contribution in [-0.2, 0) is 26.2 Å². The fourth-order valence-electron chi connectivity index (χ4n) is 3.59. The molecule has 0 aliphatic heterocycles. The number of hydrogen-bond donors (Lipinski definition) is 1. The molecule has 1 atom stereocenters. The van der Waals surface area contributed by atoms with Crippen molar-refractivity contribution in [1.82, 2.24) is 10.2 Å². The van der Waals surface area contributed by atoms with Crippen molar-refractivity contribution in [3.05, 3.63) is 65.2 Å². The van der Waals surface area contributed by atoms with Gasteiger partial charge in [0.1, 0.15) is 6.04 Å². The van der Waals surface area contributed by atoms with Crippen LogP contribution in [0.3, 0.4) is 0 Å². The van der Waals surface area contributed by atoms with Gasteiger partial charge in [-0.3, -0.25) is 13.9 Å². The van der Waals surface area contributed by atoms with Crippen LogP contribution in [0.4, 0.5) is 14.5 Å². The maximum atomic E-state index is 13.7. The summed E-state index contributed by atoms with van der Waals surface area (Å²) >= 11 is 0. The second kappa shape index (κ2) is 11.8. The molecule has 0 bridgehead atoms. The summed E-state index contributed by atoms with van der Waals surface area (Å²) in [6.45, 7) is 9.24. The lowest BCUT2D eigenvalue weighted by atomic mass is 10.1. The monoisotopic (exact) mass is 523 g/mol. The van der Waals surface area contributed by atoms with E-state index in [2.05, 4.69) is 5.32 Å². The van der Waals surface area contributed by atoms with E-state index in [1.165, 1.54) is 11.0 Å². The first kappa shape index (κ1) is 29.2. The number of carbonyl (C=O) groups excluding carboxylic acids is 2. The molecule has 2 aromatic rings. The van der Waals surface area contributed by atoms with Gasteiger partial charge in [0.2, 0.25) is 21.8 Å². The lowest BCUT2D eigenvalue weighted by molar-refractivity contribution is -0.141. The third kappa shape index (κ3) is 8.58. The second-order valence-electron chi connectivity index (χ2n) is 9.96. The summed E-state index contributed by atoms with van der Waals surface area (Å²) in [6.07, 6.45) is 1.02. The molecule has 0 spiro atoms. The van der Waals surface area contributed by atoms with E-state index < -0.39 is 33.2 Å². The highest BCUT2D eigenvalue weighted by molar-refractivity contribution is 7.92. The van der Waals surface area contributed by atoms with Crippen LogP contribution in [0.2, 0.25) is 0 Å². The Morgan fingerprint density at radius 3 is 2.17 bits per heavy atom. The van der Waals surface area contributed by atoms with Crippen molar-refractivity contribution >= 4 is 27.5 Å². The lowest BCUT2D eigenvalue weighted by Crippen LogP contribution is -2.52. The van der Waals surface area contributed by atoms with Gasteiger partial charge in [0.25, 0.3) is 0 Å². The molecule has 0 saturated carbocycles. The smallest absolute Gasteiger partial charge is 0.242 e. The Kier molecular flexibility index (Phi) is 9.59. The van der Waals surface area contributed by atoms with Crippen LogP contribution in [0.5, 0.6) is 0 Å². The molecule has 2 aromatic carbocycles. The van der Waals surface area contributed by atoms with Crippen molar-refractivity contribution < 1.29 is 26.8 Å². The quantitative estimate of drug-likeness (QED) is 0.507. The number of nitrogens with zero attached hydrogens (tertiary/aromatic N) is 2. The molecule has 36 heavy (non-hydrogen) atoms. The predicted molar refractivity (Wildman–Crippen MR) is 137 cm³/mol. The van der Waals surface area contributed by atoms with Crippen molar-refractivity contribution in [3.63, 3.8) is 0 Å². The summed E-state index contributed by atoms with van der Waals surface area (Å²) in [5.41, 5.74) is 1.40. The number of carbonyl (C=O) groups is 2. The molecule has 2 rings (SSSR count). The lowest BCUT2D eigenvalue weighted by Gasteiger charge is -2.32. The zero-order chi connectivity index (χ0) is 27.3. The van der Waals surface area contributed by atoms with Crippen molar-refractivity contribution in [2.24, 2.45) is 0 Å². The zero-order valence-corrected chi connectivity index (χ0v) is 22.5. The van der Waals surface area contributed by atoms with Crippen molar-refractivity contribution in [2.45, 2.75) is 65.6 Å². The predicted octanol–water partition coefficient (Wildman–Crippen LogP) is 4.15. The second-order valence-corrected chi connectivity index (χ2v) is 11.9. The normalized spacial score (nSPS) is 12.7. The van der Waals surface area contributed by atoms with Gasteiger partial charge < -0.3 is 10.2 Å². The molecule has 198 valence electrons. The first-order valence-electron chi connectivity index (χ1n) is 11.7. The Morgan fingerprint density at radius 1 is 1.03 bits per heavy atom. The van der Waals surface area contributed by atoms with E-state index in [0.29, 0.717) is 0 Å². The van der Waals surface area contributed by atoms with Gasteiger partial charge in [-0.25, -0.2) is 17.2 Å². The van der Waals surface area contributed by atoms with Gasteiger partial charge >= 0.3 is 0 Å². The number of aryl methyl sites for hydroxylation is 1. The minimum absolute atomic E-state index is 0.0294. The summed E-state index contributed by atoms with van der Waals surface area (Å²) in [5, 5.41) is 2.89. The van der Waals surface area contributed by atoms with Gasteiger partial charge in [0.05, 0.1) is 11.9 Å². The molecule has 0 heterocycles. The van der Waals surface area contributed by atoms with Crippen LogP contribution in [0.1, 0.15) is 51.7 Å². The van der Waals surface area contributed by atoms with Crippen LogP contribution in [0.15, 0.2) is 42.5 Å². The zero-order valence-electron chi connectivity index (χ0n) is 21.6. The van der Waals surface area contributed by atoms with Crippen LogP contribution < -0.4 is 9.62 Å². The molecule has 0 aromatic heterocycles. The Morgan fingerprint density at radius 2 is 1.64 bits per heavy atom. The Balaban J connectivity index is 2.20. The molecular formula is C26H35F2N3O4S. The van der Waals surface area contributed by atoms with Crippen molar-refractivity contribution in [3.8, 4) is 0 Å². The molecule has 1 N–H and O–H groups in total. The van der Waals surface area contributed by atoms with Crippen LogP contribution in [-0.4, -0.2) is 49.5 Å². The van der Waals surface area contributed by atoms with E-state index in [4.69, 9.17) is 0 Å². The Labute approximate surface area is 212 Å². The largest absolute Gasteiger partial charge is 0.350 e. The summed E-state index contributed by atoms with van der Waals surface area (Å²) in [6, 6.07) is 9.68. The number of rotatable bonds is 10. The van der Waals surface area contributed by atoms with E-state index in [1.54, 1.807) is 6.92 Å². The van der Waals surface area contributed by atoms with Gasteiger partial charge in [-0.2, -0.15) is 0 Å². The number of amides is 2. The van der Waals surface area contributed by atoms with E-state index in [-0.39, 0.29) is 43.4 Å². The summed E-state index contributed by atoms with van der Waals surface area (Å²) < 4.78 is 52.6. The molecule has 1 unspecified atom stereocenters. The number of halogens is 2. The van der Waals surface area contributed by atoms with Crippen LogP contribution in [0, 0.1) is 18.6 Å². The standard InChI is InChI=1S/C26H35F2N3O4S/c1-18-9-11-20(12-10-18)17-30(19(2)25(33)29-26(3,4)5)24(32)8-7-15-31(36(6,34)35)21-13-14-22(27)23(28)16-21/h9-14,16,19H,7-8,15,17H2,1-6H3,(H,29,33). The Bertz CT molecular complexity index is 1180. The third-order valence-electron chi connectivity index (χ3n) is 5.48. The van der Waals surface area contributed by atoms with Gasteiger partial charge in [-0.1, -0.05) is 29.8 Å². The Hall–Kier alpha value is -3.01. The molecule has 7 nitrogen and oxygen atoms in total. The number of sulfonamides is 1. The van der Waals surface area contributed by atoms with E-state index in [9.17, 15) is 26.8 Å².